The summed E-state index contributed by atoms with van der Waals surface area (Å²) < 4.78 is 2.11. The molecule has 1 spiro atoms. The summed E-state index contributed by atoms with van der Waals surface area (Å²) in [6.45, 7) is 4.17. The van der Waals surface area contributed by atoms with E-state index in [-0.39, 0.29) is 11.4 Å². The first-order chi connectivity index (χ1) is 13.0. The van der Waals surface area contributed by atoms with Crippen LogP contribution in [-0.2, 0) is 12.0 Å². The highest BCUT2D eigenvalue weighted by atomic mass is 16.2. The summed E-state index contributed by atoms with van der Waals surface area (Å²) in [6, 6.07) is 12.8. The molecule has 0 saturated heterocycles. The van der Waals surface area contributed by atoms with Crippen molar-refractivity contribution in [2.45, 2.75) is 38.6 Å². The van der Waals surface area contributed by atoms with Gasteiger partial charge in [-0.25, -0.2) is 0 Å². The molecule has 0 unspecified atom stereocenters. The van der Waals surface area contributed by atoms with E-state index >= 15 is 0 Å². The second-order valence-electron chi connectivity index (χ2n) is 7.72. The van der Waals surface area contributed by atoms with Crippen LogP contribution in [0.5, 0.6) is 0 Å². The zero-order valence-electron chi connectivity index (χ0n) is 16.0. The molecule has 1 aromatic carbocycles. The van der Waals surface area contributed by atoms with Gasteiger partial charge in [-0.05, 0) is 55.5 Å². The molecule has 3 aromatic rings. The average Bonchev–Trinajstić information content (AvgIpc) is 3.39. The van der Waals surface area contributed by atoms with Gasteiger partial charge in [-0.15, -0.1) is 0 Å². The first-order valence-corrected chi connectivity index (χ1v) is 9.61. The van der Waals surface area contributed by atoms with Gasteiger partial charge in [0.2, 0.25) is 0 Å². The first kappa shape index (κ1) is 16.3. The first-order valence-electron chi connectivity index (χ1n) is 9.61. The monoisotopic (exact) mass is 357 g/mol. The summed E-state index contributed by atoms with van der Waals surface area (Å²) in [5.41, 5.74) is 7.47. The molecule has 0 N–H and O–H groups in total. The van der Waals surface area contributed by atoms with Gasteiger partial charge in [0.25, 0.3) is 5.91 Å². The summed E-state index contributed by atoms with van der Waals surface area (Å²) in [5.74, 6) is 0.113. The Kier molecular flexibility index (Phi) is 3.36. The Labute approximate surface area is 159 Å². The van der Waals surface area contributed by atoms with Gasteiger partial charge in [0.05, 0.1) is 11.2 Å². The minimum atomic E-state index is -0.152. The zero-order chi connectivity index (χ0) is 18.8. The number of rotatable bonds is 2. The maximum Gasteiger partial charge on any atom is 0.271 e. The van der Waals surface area contributed by atoms with Crippen LogP contribution in [-0.4, -0.2) is 27.4 Å². The summed E-state index contributed by atoms with van der Waals surface area (Å²) in [7, 11) is 1.95. The van der Waals surface area contributed by atoms with Crippen LogP contribution >= 0.6 is 0 Å². The van der Waals surface area contributed by atoms with Crippen LogP contribution < -0.4 is 0 Å². The number of aryl methyl sites for hydroxylation is 2. The van der Waals surface area contributed by atoms with E-state index in [0.717, 1.165) is 47.5 Å². The van der Waals surface area contributed by atoms with Crippen molar-refractivity contribution in [1.82, 2.24) is 14.5 Å². The van der Waals surface area contributed by atoms with E-state index in [9.17, 15) is 4.79 Å². The maximum absolute atomic E-state index is 13.2. The predicted octanol–water partition coefficient (Wildman–Crippen LogP) is 4.48. The Morgan fingerprint density at radius 1 is 1.19 bits per heavy atom. The fourth-order valence-electron chi connectivity index (χ4n) is 4.43. The lowest BCUT2D eigenvalue weighted by molar-refractivity contribution is 0.0705. The van der Waals surface area contributed by atoms with E-state index < -0.39 is 0 Å². The van der Waals surface area contributed by atoms with Gasteiger partial charge >= 0.3 is 0 Å². The number of fused-ring (bicyclic) bond motifs is 4. The normalized spacial score (nSPS) is 16.9. The predicted molar refractivity (Wildman–Crippen MR) is 106 cm³/mol. The second kappa shape index (κ2) is 5.56. The molecule has 27 heavy (non-hydrogen) atoms. The molecule has 2 aliphatic rings. The molecule has 5 rings (SSSR count). The van der Waals surface area contributed by atoms with Gasteiger partial charge in [-0.1, -0.05) is 25.1 Å². The number of pyridine rings is 1. The number of carbonyl (C=O) groups is 1. The van der Waals surface area contributed by atoms with Crippen molar-refractivity contribution in [2.24, 2.45) is 0 Å². The van der Waals surface area contributed by atoms with Crippen LogP contribution in [0.25, 0.3) is 16.8 Å². The van der Waals surface area contributed by atoms with Crippen LogP contribution in [0.15, 0.2) is 48.8 Å². The van der Waals surface area contributed by atoms with Gasteiger partial charge in [-0.2, -0.15) is 0 Å². The van der Waals surface area contributed by atoms with Crippen molar-refractivity contribution in [3.8, 4) is 16.8 Å². The van der Waals surface area contributed by atoms with Crippen LogP contribution in [0.4, 0.5) is 0 Å². The quantitative estimate of drug-likeness (QED) is 0.678. The molecule has 4 nitrogen and oxygen atoms in total. The third kappa shape index (κ3) is 2.22. The average molecular weight is 357 g/mol. The Morgan fingerprint density at radius 3 is 2.70 bits per heavy atom. The second-order valence-corrected chi connectivity index (χ2v) is 7.72. The van der Waals surface area contributed by atoms with E-state index in [4.69, 9.17) is 0 Å². The highest BCUT2D eigenvalue weighted by Crippen LogP contribution is 2.54. The van der Waals surface area contributed by atoms with Crippen LogP contribution in [0.2, 0.25) is 0 Å². The third-order valence-corrected chi connectivity index (χ3v) is 6.25. The summed E-state index contributed by atoms with van der Waals surface area (Å²) in [4.78, 5) is 19.6. The summed E-state index contributed by atoms with van der Waals surface area (Å²) in [5, 5.41) is 0. The molecule has 1 amide bonds. The largest absolute Gasteiger partial charge is 0.331 e. The molecule has 2 aromatic heterocycles. The topological polar surface area (TPSA) is 38.1 Å². The van der Waals surface area contributed by atoms with E-state index in [1.165, 1.54) is 11.1 Å². The fourth-order valence-corrected chi connectivity index (χ4v) is 4.43. The minimum absolute atomic E-state index is 0.113. The molecule has 1 saturated carbocycles. The standard InChI is InChI=1S/C23H23N3O/c1-4-16-12-21-22(27)25(3)23(9-10-23)19-8-7-17(13-20(19)26(21)14-16)18-6-5-11-24-15(18)2/h5-8,11-14H,4,9-10H2,1-3H3. The lowest BCUT2D eigenvalue weighted by Gasteiger charge is -2.27. The molecule has 3 heterocycles. The molecular weight excluding hydrogens is 334 g/mol. The lowest BCUT2D eigenvalue weighted by Crippen LogP contribution is -2.36. The maximum atomic E-state index is 13.2. The van der Waals surface area contributed by atoms with Crippen molar-refractivity contribution in [3.63, 3.8) is 0 Å². The highest BCUT2D eigenvalue weighted by molar-refractivity contribution is 5.96. The van der Waals surface area contributed by atoms with Gasteiger partial charge in [-0.3, -0.25) is 9.78 Å². The fraction of sp³-hybridized carbons (Fsp3) is 0.304. The minimum Gasteiger partial charge on any atom is -0.331 e. The SMILES string of the molecule is CCc1cc2n(c1)-c1cc(-c3cccnc3C)ccc1C1(CC1)N(C)C2=O. The zero-order valence-corrected chi connectivity index (χ0v) is 16.0. The number of benzene rings is 1. The van der Waals surface area contributed by atoms with Crippen molar-refractivity contribution in [3.05, 3.63) is 71.3 Å². The molecular formula is C23H23N3O. The number of hydrogen-bond acceptors (Lipinski definition) is 2. The van der Waals surface area contributed by atoms with Crippen LogP contribution in [0.1, 0.15) is 47.1 Å². The van der Waals surface area contributed by atoms with E-state index in [2.05, 4.69) is 46.9 Å². The number of aromatic nitrogens is 2. The molecule has 136 valence electrons. The van der Waals surface area contributed by atoms with E-state index in [0.29, 0.717) is 0 Å². The van der Waals surface area contributed by atoms with E-state index in [1.54, 1.807) is 0 Å². The number of amides is 1. The van der Waals surface area contributed by atoms with Gasteiger partial charge < -0.3 is 9.47 Å². The number of hydrogen-bond donors (Lipinski definition) is 0. The lowest BCUT2D eigenvalue weighted by atomic mass is 9.96. The van der Waals surface area contributed by atoms with Crippen molar-refractivity contribution in [1.29, 1.82) is 0 Å². The van der Waals surface area contributed by atoms with E-state index in [1.807, 2.05) is 37.2 Å². The number of nitrogens with zero attached hydrogens (tertiary/aromatic N) is 3. The third-order valence-electron chi connectivity index (χ3n) is 6.25. The molecule has 4 heteroatoms. The van der Waals surface area contributed by atoms with Crippen molar-refractivity contribution < 1.29 is 4.79 Å². The Hall–Kier alpha value is -2.88. The molecule has 1 aliphatic heterocycles. The summed E-state index contributed by atoms with van der Waals surface area (Å²) in [6.07, 6.45) is 6.92. The molecule has 1 aliphatic carbocycles. The van der Waals surface area contributed by atoms with Gasteiger partial charge in [0, 0.05) is 36.3 Å². The Bertz CT molecular complexity index is 1070. The van der Waals surface area contributed by atoms with Crippen molar-refractivity contribution >= 4 is 5.91 Å². The summed E-state index contributed by atoms with van der Waals surface area (Å²) >= 11 is 0. The Morgan fingerprint density at radius 2 is 2.00 bits per heavy atom. The molecule has 0 bridgehead atoms. The van der Waals surface area contributed by atoms with Gasteiger partial charge in [0.1, 0.15) is 5.69 Å². The molecule has 0 atom stereocenters. The molecule has 1 fully saturated rings. The van der Waals surface area contributed by atoms with Crippen LogP contribution in [0.3, 0.4) is 0 Å². The Balaban J connectivity index is 1.79. The van der Waals surface area contributed by atoms with Crippen LogP contribution in [0, 0.1) is 6.92 Å². The molecule has 0 radical (unpaired) electrons. The van der Waals surface area contributed by atoms with Crippen molar-refractivity contribution in [2.75, 3.05) is 7.05 Å². The smallest absolute Gasteiger partial charge is 0.271 e. The van der Waals surface area contributed by atoms with Gasteiger partial charge in [0.15, 0.2) is 0 Å². The number of carbonyl (C=O) groups excluding carboxylic acids is 1. The highest BCUT2D eigenvalue weighted by Gasteiger charge is 2.53.